The van der Waals surface area contributed by atoms with Crippen LogP contribution in [0.5, 0.6) is 0 Å². The zero-order valence-electron chi connectivity index (χ0n) is 14.8. The van der Waals surface area contributed by atoms with E-state index in [0.29, 0.717) is 5.41 Å². The van der Waals surface area contributed by atoms with E-state index in [9.17, 15) is 4.79 Å². The van der Waals surface area contributed by atoms with Gasteiger partial charge in [0.05, 0.1) is 0 Å². The van der Waals surface area contributed by atoms with Gasteiger partial charge in [-0.15, -0.1) is 11.8 Å². The molecule has 0 aromatic heterocycles. The Bertz CT molecular complexity index is 605. The number of hydrogen-bond donors (Lipinski definition) is 0. The van der Waals surface area contributed by atoms with Crippen LogP contribution in [-0.4, -0.2) is 12.0 Å². The summed E-state index contributed by atoms with van der Waals surface area (Å²) in [7, 11) is 0. The molecule has 23 heavy (non-hydrogen) atoms. The quantitative estimate of drug-likeness (QED) is 0.339. The number of rotatable bonds is 6. The molecule has 0 saturated carbocycles. The lowest BCUT2D eigenvalue weighted by atomic mass is 9.71. The first-order chi connectivity index (χ1) is 10.9. The number of aldehydes is 1. The van der Waals surface area contributed by atoms with Crippen molar-refractivity contribution < 1.29 is 4.79 Å². The van der Waals surface area contributed by atoms with Gasteiger partial charge in [-0.1, -0.05) is 48.8 Å². The van der Waals surface area contributed by atoms with Gasteiger partial charge in [0.1, 0.15) is 6.29 Å². The summed E-state index contributed by atoms with van der Waals surface area (Å²) in [6.07, 6.45) is 8.29. The molecular formula is C21H28OS. The third-order valence-corrected chi connectivity index (χ3v) is 6.03. The monoisotopic (exact) mass is 328 g/mol. The van der Waals surface area contributed by atoms with Crippen LogP contribution in [0.1, 0.15) is 63.7 Å². The van der Waals surface area contributed by atoms with Crippen molar-refractivity contribution >= 4 is 18.0 Å². The van der Waals surface area contributed by atoms with Gasteiger partial charge in [-0.05, 0) is 57.1 Å². The average molecular weight is 329 g/mol. The van der Waals surface area contributed by atoms with Gasteiger partial charge in [0.2, 0.25) is 0 Å². The maximum Gasteiger partial charge on any atom is 0.150 e. The molecule has 1 aliphatic carbocycles. The Hall–Kier alpha value is -1.28. The SMILES string of the molecule is CC1=C(C/C=C(\C)CSc2ccc(C=O)cc2)C(C)(C)CCC1. The largest absolute Gasteiger partial charge is 0.298 e. The highest BCUT2D eigenvalue weighted by Crippen LogP contribution is 2.42. The molecule has 1 nitrogen and oxygen atoms in total. The van der Waals surface area contributed by atoms with Crippen LogP contribution >= 0.6 is 11.8 Å². The summed E-state index contributed by atoms with van der Waals surface area (Å²) < 4.78 is 0. The highest BCUT2D eigenvalue weighted by atomic mass is 32.2. The van der Waals surface area contributed by atoms with Crippen molar-refractivity contribution in [1.29, 1.82) is 0 Å². The molecule has 0 spiro atoms. The van der Waals surface area contributed by atoms with Crippen molar-refractivity contribution in [2.24, 2.45) is 5.41 Å². The van der Waals surface area contributed by atoms with E-state index in [1.165, 1.54) is 29.7 Å². The van der Waals surface area contributed by atoms with Crippen LogP contribution in [0.15, 0.2) is 52.0 Å². The second-order valence-electron chi connectivity index (χ2n) is 7.23. The van der Waals surface area contributed by atoms with Crippen LogP contribution in [0.3, 0.4) is 0 Å². The molecule has 0 unspecified atom stereocenters. The fourth-order valence-corrected chi connectivity index (χ4v) is 4.14. The van der Waals surface area contributed by atoms with E-state index < -0.39 is 0 Å². The Labute approximate surface area is 145 Å². The molecule has 0 aliphatic heterocycles. The van der Waals surface area contributed by atoms with Crippen molar-refractivity contribution in [1.82, 2.24) is 0 Å². The number of hydrogen-bond acceptors (Lipinski definition) is 2. The molecular weight excluding hydrogens is 300 g/mol. The maximum absolute atomic E-state index is 10.7. The predicted molar refractivity (Wildman–Crippen MR) is 101 cm³/mol. The molecule has 2 heteroatoms. The highest BCUT2D eigenvalue weighted by molar-refractivity contribution is 7.99. The molecule has 0 atom stereocenters. The average Bonchev–Trinajstić information content (AvgIpc) is 2.52. The number of carbonyl (C=O) groups excluding carboxylic acids is 1. The van der Waals surface area contributed by atoms with Crippen molar-refractivity contribution in [3.8, 4) is 0 Å². The molecule has 0 saturated heterocycles. The van der Waals surface area contributed by atoms with Crippen molar-refractivity contribution in [2.45, 2.75) is 58.3 Å². The smallest absolute Gasteiger partial charge is 0.150 e. The molecule has 1 aromatic rings. The predicted octanol–water partition coefficient (Wildman–Crippen LogP) is 6.45. The molecule has 0 bridgehead atoms. The van der Waals surface area contributed by atoms with Gasteiger partial charge < -0.3 is 0 Å². The zero-order valence-corrected chi connectivity index (χ0v) is 15.6. The summed E-state index contributed by atoms with van der Waals surface area (Å²) in [5.41, 5.74) is 5.77. The van der Waals surface area contributed by atoms with Gasteiger partial charge in [0, 0.05) is 16.2 Å². The summed E-state index contributed by atoms with van der Waals surface area (Å²) in [6.45, 7) is 9.30. The Morgan fingerprint density at radius 3 is 2.57 bits per heavy atom. The van der Waals surface area contributed by atoms with E-state index in [2.05, 4.69) is 33.8 Å². The van der Waals surface area contributed by atoms with E-state index >= 15 is 0 Å². The van der Waals surface area contributed by atoms with Crippen LogP contribution < -0.4 is 0 Å². The van der Waals surface area contributed by atoms with Gasteiger partial charge >= 0.3 is 0 Å². The lowest BCUT2D eigenvalue weighted by Gasteiger charge is -2.34. The van der Waals surface area contributed by atoms with E-state index in [4.69, 9.17) is 0 Å². The molecule has 0 fully saturated rings. The Morgan fingerprint density at radius 2 is 1.96 bits per heavy atom. The fourth-order valence-electron chi connectivity index (χ4n) is 3.30. The Balaban J connectivity index is 1.93. The van der Waals surface area contributed by atoms with Crippen LogP contribution in [0.4, 0.5) is 0 Å². The van der Waals surface area contributed by atoms with E-state index in [1.807, 2.05) is 36.0 Å². The van der Waals surface area contributed by atoms with Crippen molar-refractivity contribution in [2.75, 3.05) is 5.75 Å². The van der Waals surface area contributed by atoms with Gasteiger partial charge in [0.25, 0.3) is 0 Å². The minimum atomic E-state index is 0.358. The minimum absolute atomic E-state index is 0.358. The van der Waals surface area contributed by atoms with E-state index in [0.717, 1.165) is 24.0 Å². The standard InChI is InChI=1S/C21H28OS/c1-16(15-23-19-10-8-18(14-22)9-11-19)7-12-20-17(2)6-5-13-21(20,3)4/h7-11,14H,5-6,12-13,15H2,1-4H3/b16-7+. The first-order valence-electron chi connectivity index (χ1n) is 8.45. The first kappa shape index (κ1) is 18.1. The first-order valence-corrected chi connectivity index (χ1v) is 9.44. The fraction of sp³-hybridized carbons (Fsp3) is 0.476. The summed E-state index contributed by atoms with van der Waals surface area (Å²) in [4.78, 5) is 11.9. The van der Waals surface area contributed by atoms with Crippen molar-refractivity contribution in [3.63, 3.8) is 0 Å². The zero-order chi connectivity index (χ0) is 16.9. The number of benzene rings is 1. The maximum atomic E-state index is 10.7. The number of carbonyl (C=O) groups is 1. The molecule has 0 radical (unpaired) electrons. The van der Waals surface area contributed by atoms with E-state index in [1.54, 1.807) is 11.1 Å². The van der Waals surface area contributed by atoms with Gasteiger partial charge in [-0.2, -0.15) is 0 Å². The number of allylic oxidation sites excluding steroid dienone is 3. The molecule has 2 rings (SSSR count). The topological polar surface area (TPSA) is 17.1 Å². The lowest BCUT2D eigenvalue weighted by molar-refractivity contribution is 0.112. The minimum Gasteiger partial charge on any atom is -0.298 e. The molecule has 1 aromatic carbocycles. The van der Waals surface area contributed by atoms with Gasteiger partial charge in [-0.25, -0.2) is 0 Å². The molecule has 0 amide bonds. The molecule has 0 N–H and O–H groups in total. The van der Waals surface area contributed by atoms with Crippen molar-refractivity contribution in [3.05, 3.63) is 52.6 Å². The van der Waals surface area contributed by atoms with Crippen LogP contribution in [-0.2, 0) is 0 Å². The van der Waals surface area contributed by atoms with E-state index in [-0.39, 0.29) is 0 Å². The second-order valence-corrected chi connectivity index (χ2v) is 8.28. The summed E-state index contributed by atoms with van der Waals surface area (Å²) >= 11 is 1.83. The Morgan fingerprint density at radius 1 is 1.26 bits per heavy atom. The normalized spacial score (nSPS) is 18.2. The summed E-state index contributed by atoms with van der Waals surface area (Å²) in [5, 5.41) is 0. The Kier molecular flexibility index (Phi) is 6.29. The second kappa shape index (κ2) is 8.01. The van der Waals surface area contributed by atoms with Crippen LogP contribution in [0, 0.1) is 5.41 Å². The van der Waals surface area contributed by atoms with Gasteiger partial charge in [0.15, 0.2) is 0 Å². The van der Waals surface area contributed by atoms with Crippen LogP contribution in [0.2, 0.25) is 0 Å². The van der Waals surface area contributed by atoms with Gasteiger partial charge in [-0.3, -0.25) is 4.79 Å². The summed E-state index contributed by atoms with van der Waals surface area (Å²) in [6, 6.07) is 7.82. The molecule has 124 valence electrons. The van der Waals surface area contributed by atoms with Crippen LogP contribution in [0.25, 0.3) is 0 Å². The molecule has 0 heterocycles. The third kappa shape index (κ3) is 5.10. The third-order valence-electron chi connectivity index (χ3n) is 4.82. The lowest BCUT2D eigenvalue weighted by Crippen LogP contribution is -2.20. The highest BCUT2D eigenvalue weighted by Gasteiger charge is 2.27. The molecule has 1 aliphatic rings. The summed E-state index contributed by atoms with van der Waals surface area (Å²) in [5.74, 6) is 1.01. The number of thioether (sulfide) groups is 1.